The largest absolute Gasteiger partial charge is 0.468 e. The van der Waals surface area contributed by atoms with E-state index in [1.165, 1.54) is 5.56 Å². The van der Waals surface area contributed by atoms with Gasteiger partial charge >= 0.3 is 0 Å². The number of hydrogen-bond donors (Lipinski definition) is 0. The fraction of sp³-hybridized carbons (Fsp3) is 0.300. The average Bonchev–Trinajstić information content (AvgIpc) is 2.85. The molecular formula is C10H11NOS2. The number of rotatable bonds is 4. The molecule has 0 spiro atoms. The first kappa shape index (κ1) is 9.80. The molecule has 2 aromatic rings. The van der Waals surface area contributed by atoms with Crippen LogP contribution in [0.5, 0.6) is 0 Å². The molecule has 0 N–H and O–H groups in total. The third kappa shape index (κ3) is 2.19. The molecule has 0 aliphatic rings. The number of thioether (sulfide) groups is 1. The molecule has 2 aromatic heterocycles. The SMILES string of the molecule is CCc1ccoc1CSc1nccs1. The lowest BCUT2D eigenvalue weighted by atomic mass is 10.2. The standard InChI is InChI=1S/C10H11NOS2/c1-2-8-3-5-12-9(8)7-14-10-11-4-6-13-10/h3-6H,2,7H2,1H3. The van der Waals surface area contributed by atoms with E-state index in [1.807, 2.05) is 17.6 Å². The molecule has 4 heteroatoms. The molecule has 0 aliphatic heterocycles. The summed E-state index contributed by atoms with van der Waals surface area (Å²) in [7, 11) is 0. The van der Waals surface area contributed by atoms with Crippen LogP contribution in [-0.2, 0) is 12.2 Å². The summed E-state index contributed by atoms with van der Waals surface area (Å²) in [6.07, 6.45) is 4.62. The van der Waals surface area contributed by atoms with Gasteiger partial charge in [0.1, 0.15) is 10.1 Å². The van der Waals surface area contributed by atoms with Gasteiger partial charge in [-0.05, 0) is 18.1 Å². The molecule has 0 fully saturated rings. The topological polar surface area (TPSA) is 26.0 Å². The minimum Gasteiger partial charge on any atom is -0.468 e. The number of hydrogen-bond acceptors (Lipinski definition) is 4. The molecule has 74 valence electrons. The second kappa shape index (κ2) is 4.66. The molecule has 0 radical (unpaired) electrons. The monoisotopic (exact) mass is 225 g/mol. The van der Waals surface area contributed by atoms with Crippen LogP contribution in [0.25, 0.3) is 0 Å². The third-order valence-electron chi connectivity index (χ3n) is 1.95. The Morgan fingerprint density at radius 2 is 2.50 bits per heavy atom. The van der Waals surface area contributed by atoms with Crippen LogP contribution in [0.4, 0.5) is 0 Å². The van der Waals surface area contributed by atoms with Crippen molar-refractivity contribution in [2.45, 2.75) is 23.4 Å². The van der Waals surface area contributed by atoms with E-state index in [9.17, 15) is 0 Å². The molecule has 2 rings (SSSR count). The highest BCUT2D eigenvalue weighted by Crippen LogP contribution is 2.26. The van der Waals surface area contributed by atoms with Crippen LogP contribution < -0.4 is 0 Å². The third-order valence-corrected chi connectivity index (χ3v) is 3.92. The van der Waals surface area contributed by atoms with Crippen molar-refractivity contribution in [2.75, 3.05) is 0 Å². The summed E-state index contributed by atoms with van der Waals surface area (Å²) in [4.78, 5) is 4.21. The van der Waals surface area contributed by atoms with Gasteiger partial charge in [-0.2, -0.15) is 0 Å². The molecule has 14 heavy (non-hydrogen) atoms. The molecule has 0 aliphatic carbocycles. The Morgan fingerprint density at radius 3 is 3.21 bits per heavy atom. The van der Waals surface area contributed by atoms with Gasteiger partial charge in [-0.1, -0.05) is 18.7 Å². The fourth-order valence-corrected chi connectivity index (χ4v) is 2.84. The minimum atomic E-state index is 0.879. The predicted molar refractivity (Wildman–Crippen MR) is 59.8 cm³/mol. The zero-order valence-corrected chi connectivity index (χ0v) is 9.53. The number of thiazole rings is 1. The molecule has 0 bridgehead atoms. The van der Waals surface area contributed by atoms with E-state index < -0.39 is 0 Å². The van der Waals surface area contributed by atoms with Gasteiger partial charge in [0.25, 0.3) is 0 Å². The van der Waals surface area contributed by atoms with Crippen LogP contribution in [-0.4, -0.2) is 4.98 Å². The highest BCUT2D eigenvalue weighted by atomic mass is 32.2. The van der Waals surface area contributed by atoms with E-state index in [-0.39, 0.29) is 0 Å². The Hall–Kier alpha value is -0.740. The lowest BCUT2D eigenvalue weighted by Gasteiger charge is -1.97. The normalized spacial score (nSPS) is 10.6. The maximum atomic E-state index is 5.41. The van der Waals surface area contributed by atoms with Crippen molar-refractivity contribution in [3.05, 3.63) is 35.2 Å². The van der Waals surface area contributed by atoms with E-state index >= 15 is 0 Å². The van der Waals surface area contributed by atoms with Crippen molar-refractivity contribution < 1.29 is 4.42 Å². The molecule has 0 saturated heterocycles. The van der Waals surface area contributed by atoms with E-state index in [2.05, 4.69) is 11.9 Å². The summed E-state index contributed by atoms with van der Waals surface area (Å²) >= 11 is 3.40. The van der Waals surface area contributed by atoms with Gasteiger partial charge in [0, 0.05) is 11.6 Å². The first-order chi connectivity index (χ1) is 6.90. The maximum Gasteiger partial charge on any atom is 0.150 e. The molecular weight excluding hydrogens is 214 g/mol. The fourth-order valence-electron chi connectivity index (χ4n) is 1.22. The van der Waals surface area contributed by atoms with Crippen LogP contribution in [0.15, 0.2) is 32.7 Å². The van der Waals surface area contributed by atoms with Crippen molar-refractivity contribution in [3.63, 3.8) is 0 Å². The van der Waals surface area contributed by atoms with E-state index in [0.717, 1.165) is 22.3 Å². The summed E-state index contributed by atoms with van der Waals surface area (Å²) in [6, 6.07) is 2.04. The first-order valence-corrected chi connectivity index (χ1v) is 6.34. The van der Waals surface area contributed by atoms with Crippen molar-refractivity contribution in [2.24, 2.45) is 0 Å². The maximum absolute atomic E-state index is 5.41. The Bertz CT molecular complexity index is 380. The molecule has 0 aromatic carbocycles. The van der Waals surface area contributed by atoms with Gasteiger partial charge in [0.15, 0.2) is 0 Å². The van der Waals surface area contributed by atoms with Crippen molar-refractivity contribution in [1.82, 2.24) is 4.98 Å². The van der Waals surface area contributed by atoms with Crippen molar-refractivity contribution >= 4 is 23.1 Å². The second-order valence-corrected chi connectivity index (χ2v) is 4.93. The molecule has 0 unspecified atom stereocenters. The van der Waals surface area contributed by atoms with E-state index in [0.29, 0.717) is 0 Å². The Labute approximate surface area is 91.4 Å². The van der Waals surface area contributed by atoms with Crippen LogP contribution in [0.3, 0.4) is 0 Å². The Balaban J connectivity index is 1.98. The quantitative estimate of drug-likeness (QED) is 0.744. The Kier molecular flexibility index (Phi) is 3.26. The molecule has 2 heterocycles. The van der Waals surface area contributed by atoms with E-state index in [1.54, 1.807) is 29.4 Å². The van der Waals surface area contributed by atoms with Crippen LogP contribution in [0.1, 0.15) is 18.2 Å². The summed E-state index contributed by atoms with van der Waals surface area (Å²) in [5, 5.41) is 1.99. The average molecular weight is 225 g/mol. The van der Waals surface area contributed by atoms with Gasteiger partial charge in [0.2, 0.25) is 0 Å². The number of aryl methyl sites for hydroxylation is 1. The van der Waals surface area contributed by atoms with Gasteiger partial charge in [-0.3, -0.25) is 0 Å². The number of aromatic nitrogens is 1. The second-order valence-electron chi connectivity index (χ2n) is 2.81. The van der Waals surface area contributed by atoms with Gasteiger partial charge < -0.3 is 4.42 Å². The molecule has 0 atom stereocenters. The summed E-state index contributed by atoms with van der Waals surface area (Å²) in [6.45, 7) is 2.14. The van der Waals surface area contributed by atoms with Crippen LogP contribution in [0, 0.1) is 0 Å². The van der Waals surface area contributed by atoms with Gasteiger partial charge in [-0.15, -0.1) is 11.3 Å². The molecule has 2 nitrogen and oxygen atoms in total. The molecule has 0 saturated carbocycles. The summed E-state index contributed by atoms with van der Waals surface area (Å²) in [5.41, 5.74) is 1.30. The number of nitrogens with zero attached hydrogens (tertiary/aromatic N) is 1. The van der Waals surface area contributed by atoms with E-state index in [4.69, 9.17) is 4.42 Å². The smallest absolute Gasteiger partial charge is 0.150 e. The predicted octanol–water partition coefficient (Wildman–Crippen LogP) is 3.59. The minimum absolute atomic E-state index is 0.879. The highest BCUT2D eigenvalue weighted by molar-refractivity contribution is 8.00. The van der Waals surface area contributed by atoms with Crippen LogP contribution >= 0.6 is 23.1 Å². The zero-order valence-electron chi connectivity index (χ0n) is 7.90. The highest BCUT2D eigenvalue weighted by Gasteiger charge is 2.05. The van der Waals surface area contributed by atoms with Crippen molar-refractivity contribution in [3.8, 4) is 0 Å². The lowest BCUT2D eigenvalue weighted by molar-refractivity contribution is 0.526. The Morgan fingerprint density at radius 1 is 1.57 bits per heavy atom. The lowest BCUT2D eigenvalue weighted by Crippen LogP contribution is -1.83. The van der Waals surface area contributed by atoms with Gasteiger partial charge in [0.05, 0.1) is 12.0 Å². The summed E-state index contributed by atoms with van der Waals surface area (Å²) in [5.74, 6) is 1.96. The van der Waals surface area contributed by atoms with Gasteiger partial charge in [-0.25, -0.2) is 4.98 Å². The van der Waals surface area contributed by atoms with Crippen molar-refractivity contribution in [1.29, 1.82) is 0 Å². The zero-order chi connectivity index (χ0) is 9.80. The molecule has 0 amide bonds. The van der Waals surface area contributed by atoms with Crippen LogP contribution in [0.2, 0.25) is 0 Å². The first-order valence-electron chi connectivity index (χ1n) is 4.47. The number of furan rings is 1. The summed E-state index contributed by atoms with van der Waals surface area (Å²) < 4.78 is 6.51.